The first-order valence-corrected chi connectivity index (χ1v) is 8.03. The monoisotopic (exact) mass is 303 g/mol. The zero-order valence-corrected chi connectivity index (χ0v) is 12.3. The van der Waals surface area contributed by atoms with Crippen LogP contribution in [-0.4, -0.2) is 62.4 Å². The van der Waals surface area contributed by atoms with Crippen LogP contribution in [0.4, 0.5) is 5.69 Å². The van der Waals surface area contributed by atoms with Crippen LogP contribution >= 0.6 is 0 Å². The zero-order chi connectivity index (χ0) is 15.2. The molecule has 0 unspecified atom stereocenters. The fourth-order valence-corrected chi connectivity index (χ4v) is 3.63. The van der Waals surface area contributed by atoms with E-state index in [9.17, 15) is 8.42 Å². The maximum atomic E-state index is 12.3. The molecule has 0 saturated carbocycles. The zero-order valence-electron chi connectivity index (χ0n) is 11.5. The third-order valence-corrected chi connectivity index (χ3v) is 4.82. The Bertz CT molecular complexity index is 524. The number of anilines is 1. The number of aryl methyl sites for hydroxylation is 1. The number of sulfone groups is 1. The second kappa shape index (κ2) is 7.58. The highest BCUT2D eigenvalue weighted by molar-refractivity contribution is 7.91. The van der Waals surface area contributed by atoms with Crippen molar-refractivity contribution in [3.63, 3.8) is 0 Å². The second-order valence-electron chi connectivity index (χ2n) is 4.40. The Morgan fingerprint density at radius 1 is 1.05 bits per heavy atom. The minimum atomic E-state index is -3.61. The SMILES string of the molecule is Cc1cccc(N(CCO)CCO)c1S(=O)(=O)CCO. The topological polar surface area (TPSA) is 98.1 Å². The van der Waals surface area contributed by atoms with Gasteiger partial charge in [-0.25, -0.2) is 8.42 Å². The van der Waals surface area contributed by atoms with Crippen molar-refractivity contribution >= 4 is 15.5 Å². The third-order valence-electron chi connectivity index (χ3n) is 2.94. The van der Waals surface area contributed by atoms with Gasteiger partial charge in [-0.05, 0) is 18.6 Å². The van der Waals surface area contributed by atoms with E-state index in [-0.39, 0.29) is 37.0 Å². The summed E-state index contributed by atoms with van der Waals surface area (Å²) in [5.41, 5.74) is 1.03. The van der Waals surface area contributed by atoms with Gasteiger partial charge in [0.1, 0.15) is 0 Å². The molecule has 1 aromatic rings. The molecule has 7 heteroatoms. The van der Waals surface area contributed by atoms with E-state index in [1.807, 2.05) is 0 Å². The lowest BCUT2D eigenvalue weighted by Gasteiger charge is -2.26. The first-order valence-electron chi connectivity index (χ1n) is 6.37. The number of hydrogen-bond acceptors (Lipinski definition) is 6. The average molecular weight is 303 g/mol. The van der Waals surface area contributed by atoms with E-state index in [4.69, 9.17) is 15.3 Å². The van der Waals surface area contributed by atoms with E-state index >= 15 is 0 Å². The molecular weight excluding hydrogens is 282 g/mol. The number of benzene rings is 1. The normalized spacial score (nSPS) is 11.6. The molecule has 0 fully saturated rings. The molecule has 1 rings (SSSR count). The third kappa shape index (κ3) is 3.92. The Kier molecular flexibility index (Phi) is 6.41. The quantitative estimate of drug-likeness (QED) is 0.602. The first kappa shape index (κ1) is 16.9. The van der Waals surface area contributed by atoms with E-state index in [1.165, 1.54) is 0 Å². The van der Waals surface area contributed by atoms with Crippen molar-refractivity contribution in [2.24, 2.45) is 0 Å². The summed E-state index contributed by atoms with van der Waals surface area (Å²) in [5.74, 6) is -0.350. The van der Waals surface area contributed by atoms with Gasteiger partial charge < -0.3 is 20.2 Å². The molecule has 6 nitrogen and oxygen atoms in total. The Labute approximate surface area is 119 Å². The van der Waals surface area contributed by atoms with Crippen molar-refractivity contribution in [3.8, 4) is 0 Å². The fourth-order valence-electron chi connectivity index (χ4n) is 2.11. The minimum Gasteiger partial charge on any atom is -0.395 e. The Hall–Kier alpha value is -1.15. The minimum absolute atomic E-state index is 0.145. The lowest BCUT2D eigenvalue weighted by Crippen LogP contribution is -2.31. The molecule has 0 spiro atoms. The molecule has 0 aromatic heterocycles. The summed E-state index contributed by atoms with van der Waals surface area (Å²) in [5, 5.41) is 27.1. The fraction of sp³-hybridized carbons (Fsp3) is 0.538. The van der Waals surface area contributed by atoms with Gasteiger partial charge >= 0.3 is 0 Å². The van der Waals surface area contributed by atoms with E-state index in [2.05, 4.69) is 0 Å². The molecule has 20 heavy (non-hydrogen) atoms. The maximum Gasteiger partial charge on any atom is 0.182 e. The molecule has 3 N–H and O–H groups in total. The molecule has 0 atom stereocenters. The van der Waals surface area contributed by atoms with Crippen LogP contribution in [0.15, 0.2) is 23.1 Å². The molecule has 0 amide bonds. The van der Waals surface area contributed by atoms with Crippen molar-refractivity contribution in [2.75, 3.05) is 43.6 Å². The van der Waals surface area contributed by atoms with Crippen molar-refractivity contribution in [1.82, 2.24) is 0 Å². The number of rotatable bonds is 8. The van der Waals surface area contributed by atoms with Crippen LogP contribution in [0.1, 0.15) is 5.56 Å². The highest BCUT2D eigenvalue weighted by Gasteiger charge is 2.23. The average Bonchev–Trinajstić information content (AvgIpc) is 2.37. The lowest BCUT2D eigenvalue weighted by atomic mass is 10.2. The van der Waals surface area contributed by atoms with Crippen molar-refractivity contribution in [3.05, 3.63) is 23.8 Å². The predicted molar refractivity (Wildman–Crippen MR) is 76.7 cm³/mol. The Balaban J connectivity index is 3.36. The summed E-state index contributed by atoms with van der Waals surface area (Å²) in [6.45, 7) is 1.40. The van der Waals surface area contributed by atoms with Crippen LogP contribution in [0.2, 0.25) is 0 Å². The van der Waals surface area contributed by atoms with Crippen LogP contribution in [0.25, 0.3) is 0 Å². The van der Waals surface area contributed by atoms with Gasteiger partial charge in [0.15, 0.2) is 9.84 Å². The number of hydrogen-bond donors (Lipinski definition) is 3. The van der Waals surface area contributed by atoms with Gasteiger partial charge in [-0.1, -0.05) is 12.1 Å². The molecular formula is C13H21NO5S. The summed E-state index contributed by atoms with van der Waals surface area (Å²) in [6, 6.07) is 5.05. The summed E-state index contributed by atoms with van der Waals surface area (Å²) in [4.78, 5) is 1.77. The standard InChI is InChI=1S/C13H21NO5S/c1-11-3-2-4-12(14(5-7-15)6-8-16)13(11)20(18,19)10-9-17/h2-4,15-17H,5-10H2,1H3. The molecule has 1 aromatic carbocycles. The van der Waals surface area contributed by atoms with E-state index in [0.29, 0.717) is 11.3 Å². The van der Waals surface area contributed by atoms with Crippen LogP contribution < -0.4 is 4.90 Å². The number of aliphatic hydroxyl groups excluding tert-OH is 3. The molecule has 114 valence electrons. The number of nitrogens with zero attached hydrogens (tertiary/aromatic N) is 1. The summed E-state index contributed by atoms with van der Waals surface area (Å²) in [7, 11) is -3.61. The van der Waals surface area contributed by atoms with Gasteiger partial charge in [0.2, 0.25) is 0 Å². The molecule has 0 bridgehead atoms. The molecule has 0 radical (unpaired) electrons. The molecule has 0 aliphatic carbocycles. The molecule has 0 heterocycles. The second-order valence-corrected chi connectivity index (χ2v) is 6.45. The molecule has 0 aliphatic heterocycles. The highest BCUT2D eigenvalue weighted by atomic mass is 32.2. The van der Waals surface area contributed by atoms with Crippen molar-refractivity contribution < 1.29 is 23.7 Å². The van der Waals surface area contributed by atoms with E-state index < -0.39 is 16.4 Å². The van der Waals surface area contributed by atoms with Crippen molar-refractivity contribution in [2.45, 2.75) is 11.8 Å². The summed E-state index contributed by atoms with van der Waals surface area (Å²) < 4.78 is 24.6. The van der Waals surface area contributed by atoms with Crippen LogP contribution in [0, 0.1) is 6.92 Å². The van der Waals surface area contributed by atoms with E-state index in [1.54, 1.807) is 30.0 Å². The van der Waals surface area contributed by atoms with Crippen LogP contribution in [0.3, 0.4) is 0 Å². The number of aliphatic hydroxyl groups is 3. The molecule has 0 saturated heterocycles. The van der Waals surface area contributed by atoms with Crippen molar-refractivity contribution in [1.29, 1.82) is 0 Å². The van der Waals surface area contributed by atoms with Gasteiger partial charge in [0.25, 0.3) is 0 Å². The summed E-state index contributed by atoms with van der Waals surface area (Å²) in [6.07, 6.45) is 0. The largest absolute Gasteiger partial charge is 0.395 e. The van der Waals surface area contributed by atoms with Gasteiger partial charge in [0, 0.05) is 13.1 Å². The van der Waals surface area contributed by atoms with Gasteiger partial charge in [-0.15, -0.1) is 0 Å². The smallest absolute Gasteiger partial charge is 0.182 e. The highest BCUT2D eigenvalue weighted by Crippen LogP contribution is 2.29. The van der Waals surface area contributed by atoms with Gasteiger partial charge in [-0.3, -0.25) is 0 Å². The predicted octanol–water partition coefficient (Wildman–Crippen LogP) is -0.448. The molecule has 0 aliphatic rings. The van der Waals surface area contributed by atoms with Gasteiger partial charge in [-0.2, -0.15) is 0 Å². The summed E-state index contributed by atoms with van der Waals surface area (Å²) >= 11 is 0. The Morgan fingerprint density at radius 3 is 2.15 bits per heavy atom. The lowest BCUT2D eigenvalue weighted by molar-refractivity contribution is 0.280. The van der Waals surface area contributed by atoms with Gasteiger partial charge in [0.05, 0.1) is 36.2 Å². The van der Waals surface area contributed by atoms with E-state index in [0.717, 1.165) is 0 Å². The Morgan fingerprint density at radius 2 is 1.65 bits per heavy atom. The first-order chi connectivity index (χ1) is 9.47. The van der Waals surface area contributed by atoms with Crippen LogP contribution in [0.5, 0.6) is 0 Å². The van der Waals surface area contributed by atoms with Crippen LogP contribution in [-0.2, 0) is 9.84 Å². The maximum absolute atomic E-state index is 12.3.